The first-order chi connectivity index (χ1) is 8.61. The minimum absolute atomic E-state index is 0.232. The minimum Gasteiger partial charge on any atom is -0.271 e. The Morgan fingerprint density at radius 1 is 1.22 bits per heavy atom. The summed E-state index contributed by atoms with van der Waals surface area (Å²) in [6.07, 6.45) is 3.34. The molecule has 0 aliphatic rings. The van der Waals surface area contributed by atoms with Gasteiger partial charge in [-0.25, -0.2) is 9.82 Å². The van der Waals surface area contributed by atoms with Gasteiger partial charge in [-0.2, -0.15) is 0 Å². The Balaban J connectivity index is 2.38. The van der Waals surface area contributed by atoms with E-state index in [-0.39, 0.29) is 11.9 Å². The second-order valence-corrected chi connectivity index (χ2v) is 4.19. The van der Waals surface area contributed by atoms with Crippen LogP contribution in [0.3, 0.4) is 0 Å². The zero-order chi connectivity index (χ0) is 13.1. The predicted molar refractivity (Wildman–Crippen MR) is 67.1 cm³/mol. The van der Waals surface area contributed by atoms with Crippen LogP contribution in [0, 0.1) is 19.7 Å². The molecule has 1 heterocycles. The number of hydrazine groups is 1. The zero-order valence-electron chi connectivity index (χ0n) is 10.3. The van der Waals surface area contributed by atoms with Crippen molar-refractivity contribution in [2.24, 2.45) is 5.84 Å². The van der Waals surface area contributed by atoms with Crippen LogP contribution < -0.4 is 11.3 Å². The van der Waals surface area contributed by atoms with Gasteiger partial charge < -0.3 is 0 Å². The Kier molecular flexibility index (Phi) is 3.64. The van der Waals surface area contributed by atoms with E-state index >= 15 is 0 Å². The van der Waals surface area contributed by atoms with E-state index in [1.807, 2.05) is 6.92 Å². The molecule has 1 atom stereocenters. The largest absolute Gasteiger partial charge is 0.271 e. The van der Waals surface area contributed by atoms with E-state index in [4.69, 9.17) is 5.84 Å². The Hall–Kier alpha value is -1.85. The Bertz CT molecular complexity index is 539. The predicted octanol–water partition coefficient (Wildman–Crippen LogP) is 1.79. The van der Waals surface area contributed by atoms with E-state index in [1.165, 1.54) is 6.07 Å². The van der Waals surface area contributed by atoms with Crippen molar-refractivity contribution in [1.82, 2.24) is 15.4 Å². The highest BCUT2D eigenvalue weighted by molar-refractivity contribution is 5.31. The molecule has 0 bridgehead atoms. The Morgan fingerprint density at radius 3 is 2.56 bits per heavy atom. The Morgan fingerprint density at radius 2 is 2.00 bits per heavy atom. The van der Waals surface area contributed by atoms with Gasteiger partial charge >= 0.3 is 0 Å². The topological polar surface area (TPSA) is 63.8 Å². The van der Waals surface area contributed by atoms with Gasteiger partial charge in [-0.3, -0.25) is 15.8 Å². The Labute approximate surface area is 105 Å². The molecule has 2 rings (SSSR count). The third kappa shape index (κ3) is 2.52. The van der Waals surface area contributed by atoms with Crippen molar-refractivity contribution < 1.29 is 4.39 Å². The van der Waals surface area contributed by atoms with Crippen molar-refractivity contribution >= 4 is 0 Å². The van der Waals surface area contributed by atoms with Gasteiger partial charge in [-0.05, 0) is 31.0 Å². The number of nitrogens with two attached hydrogens (primary N) is 1. The summed E-state index contributed by atoms with van der Waals surface area (Å²) in [6, 6.07) is 4.57. The standard InChI is InChI=1S/C13H15FN4/c1-8-5-10(3-4-11(8)14)13(18-15)12-7-16-9(2)6-17-12/h3-7,13,18H,15H2,1-2H3. The highest BCUT2D eigenvalue weighted by Crippen LogP contribution is 2.21. The maximum Gasteiger partial charge on any atom is 0.126 e. The summed E-state index contributed by atoms with van der Waals surface area (Å²) in [4.78, 5) is 8.46. The summed E-state index contributed by atoms with van der Waals surface area (Å²) < 4.78 is 13.2. The molecule has 18 heavy (non-hydrogen) atoms. The maximum absolute atomic E-state index is 13.2. The fraction of sp³-hybridized carbons (Fsp3) is 0.231. The average molecular weight is 246 g/mol. The van der Waals surface area contributed by atoms with Crippen molar-refractivity contribution in [2.45, 2.75) is 19.9 Å². The van der Waals surface area contributed by atoms with Gasteiger partial charge in [-0.1, -0.05) is 12.1 Å². The van der Waals surface area contributed by atoms with Crippen LogP contribution in [0.1, 0.15) is 28.6 Å². The third-order valence-electron chi connectivity index (χ3n) is 2.78. The first-order valence-electron chi connectivity index (χ1n) is 5.62. The van der Waals surface area contributed by atoms with Gasteiger partial charge in [0.15, 0.2) is 0 Å². The SMILES string of the molecule is Cc1cnc(C(NN)c2ccc(F)c(C)c2)cn1. The van der Waals surface area contributed by atoms with Gasteiger partial charge in [-0.15, -0.1) is 0 Å². The number of halogens is 1. The number of benzene rings is 1. The first-order valence-corrected chi connectivity index (χ1v) is 5.62. The lowest BCUT2D eigenvalue weighted by Gasteiger charge is -2.16. The molecule has 3 N–H and O–H groups in total. The quantitative estimate of drug-likeness (QED) is 0.640. The van der Waals surface area contributed by atoms with Crippen LogP contribution >= 0.6 is 0 Å². The molecule has 0 aliphatic heterocycles. The third-order valence-corrected chi connectivity index (χ3v) is 2.78. The smallest absolute Gasteiger partial charge is 0.126 e. The van der Waals surface area contributed by atoms with E-state index in [0.29, 0.717) is 11.3 Å². The van der Waals surface area contributed by atoms with E-state index < -0.39 is 0 Å². The summed E-state index contributed by atoms with van der Waals surface area (Å²) in [7, 11) is 0. The van der Waals surface area contributed by atoms with Crippen molar-refractivity contribution in [3.8, 4) is 0 Å². The van der Waals surface area contributed by atoms with Crippen molar-refractivity contribution in [2.75, 3.05) is 0 Å². The molecule has 0 spiro atoms. The highest BCUT2D eigenvalue weighted by Gasteiger charge is 2.15. The molecule has 1 unspecified atom stereocenters. The normalized spacial score (nSPS) is 12.4. The average Bonchev–Trinajstić information content (AvgIpc) is 2.37. The molecule has 0 aliphatic carbocycles. The van der Waals surface area contributed by atoms with Crippen LogP contribution in [0.4, 0.5) is 4.39 Å². The maximum atomic E-state index is 13.2. The van der Waals surface area contributed by atoms with Crippen LogP contribution in [0.15, 0.2) is 30.6 Å². The van der Waals surface area contributed by atoms with E-state index in [1.54, 1.807) is 31.5 Å². The number of hydrogen-bond donors (Lipinski definition) is 2. The second kappa shape index (κ2) is 5.20. The molecule has 5 heteroatoms. The second-order valence-electron chi connectivity index (χ2n) is 4.19. The monoisotopic (exact) mass is 246 g/mol. The molecule has 0 amide bonds. The lowest BCUT2D eigenvalue weighted by atomic mass is 10.0. The number of hydrogen-bond acceptors (Lipinski definition) is 4. The van der Waals surface area contributed by atoms with Crippen LogP contribution in [-0.4, -0.2) is 9.97 Å². The first kappa shape index (κ1) is 12.6. The summed E-state index contributed by atoms with van der Waals surface area (Å²) in [5.74, 6) is 5.32. The van der Waals surface area contributed by atoms with Crippen LogP contribution in [0.5, 0.6) is 0 Å². The highest BCUT2D eigenvalue weighted by atomic mass is 19.1. The molecular weight excluding hydrogens is 231 g/mol. The molecular formula is C13H15FN4. The van der Waals surface area contributed by atoms with Gasteiger partial charge in [0.2, 0.25) is 0 Å². The molecule has 1 aromatic carbocycles. The number of rotatable bonds is 3. The lowest BCUT2D eigenvalue weighted by Crippen LogP contribution is -2.29. The van der Waals surface area contributed by atoms with Crippen LogP contribution in [-0.2, 0) is 0 Å². The number of aryl methyl sites for hydroxylation is 2. The molecule has 94 valence electrons. The van der Waals surface area contributed by atoms with Gasteiger partial charge in [0.05, 0.1) is 23.6 Å². The number of nitrogens with zero attached hydrogens (tertiary/aromatic N) is 2. The molecule has 1 aromatic heterocycles. The van der Waals surface area contributed by atoms with Gasteiger partial charge in [0, 0.05) is 6.20 Å². The lowest BCUT2D eigenvalue weighted by molar-refractivity contribution is 0.600. The van der Waals surface area contributed by atoms with Crippen molar-refractivity contribution in [3.63, 3.8) is 0 Å². The van der Waals surface area contributed by atoms with Gasteiger partial charge in [0.1, 0.15) is 5.82 Å². The summed E-state index contributed by atoms with van der Waals surface area (Å²) in [5.41, 5.74) is 5.65. The summed E-state index contributed by atoms with van der Waals surface area (Å²) in [5, 5.41) is 0. The number of nitrogens with one attached hydrogen (secondary N) is 1. The molecule has 0 fully saturated rings. The molecule has 4 nitrogen and oxygen atoms in total. The fourth-order valence-corrected chi connectivity index (χ4v) is 1.75. The van der Waals surface area contributed by atoms with Crippen molar-refractivity contribution in [3.05, 3.63) is 58.9 Å². The minimum atomic E-state index is -0.294. The molecule has 2 aromatic rings. The fourth-order valence-electron chi connectivity index (χ4n) is 1.75. The van der Waals surface area contributed by atoms with Gasteiger partial charge in [0.25, 0.3) is 0 Å². The zero-order valence-corrected chi connectivity index (χ0v) is 10.3. The molecule has 0 saturated heterocycles. The molecule has 0 radical (unpaired) electrons. The van der Waals surface area contributed by atoms with Crippen molar-refractivity contribution in [1.29, 1.82) is 0 Å². The van der Waals surface area contributed by atoms with E-state index in [9.17, 15) is 4.39 Å². The summed E-state index contributed by atoms with van der Waals surface area (Å²) in [6.45, 7) is 3.58. The number of aromatic nitrogens is 2. The van der Waals surface area contributed by atoms with E-state index in [2.05, 4.69) is 15.4 Å². The van der Waals surface area contributed by atoms with Crippen LogP contribution in [0.25, 0.3) is 0 Å². The van der Waals surface area contributed by atoms with E-state index in [0.717, 1.165) is 11.3 Å². The summed E-state index contributed by atoms with van der Waals surface area (Å²) >= 11 is 0. The molecule has 0 saturated carbocycles. The van der Waals surface area contributed by atoms with Crippen LogP contribution in [0.2, 0.25) is 0 Å².